The van der Waals surface area contributed by atoms with E-state index in [0.717, 1.165) is 11.1 Å². The monoisotopic (exact) mass is 304 g/mol. The van der Waals surface area contributed by atoms with E-state index in [9.17, 15) is 9.90 Å². The number of benzene rings is 2. The molecule has 2 aromatic carbocycles. The molecule has 112 valence electrons. The summed E-state index contributed by atoms with van der Waals surface area (Å²) in [6.45, 7) is 1.91. The lowest BCUT2D eigenvalue weighted by Crippen LogP contribution is -2.00. The number of carbonyl (C=O) groups is 1. The van der Waals surface area contributed by atoms with Gasteiger partial charge in [0, 0.05) is 21.5 Å². The third kappa shape index (κ3) is 2.84. The Hall–Kier alpha value is -3.37. The van der Waals surface area contributed by atoms with Crippen molar-refractivity contribution in [2.45, 2.75) is 6.92 Å². The SMILES string of the molecule is Cc1ccc2nc(-c3ccc(N=[N+]=[N-])cc3)cc(C(=O)O)c2c1. The molecule has 1 aromatic heterocycles. The fourth-order valence-electron chi connectivity index (χ4n) is 2.41. The van der Waals surface area contributed by atoms with Crippen molar-refractivity contribution in [1.82, 2.24) is 4.98 Å². The summed E-state index contributed by atoms with van der Waals surface area (Å²) < 4.78 is 0. The van der Waals surface area contributed by atoms with Crippen LogP contribution >= 0.6 is 0 Å². The van der Waals surface area contributed by atoms with Gasteiger partial charge < -0.3 is 5.11 Å². The van der Waals surface area contributed by atoms with E-state index in [1.165, 1.54) is 0 Å². The quantitative estimate of drug-likeness (QED) is 0.425. The molecule has 0 unspecified atom stereocenters. The van der Waals surface area contributed by atoms with Crippen LogP contribution in [-0.4, -0.2) is 16.1 Å². The number of aromatic nitrogens is 1. The number of carboxylic acids is 1. The molecule has 0 aliphatic carbocycles. The summed E-state index contributed by atoms with van der Waals surface area (Å²) in [6, 6.07) is 13.9. The molecule has 0 spiro atoms. The number of rotatable bonds is 3. The molecule has 23 heavy (non-hydrogen) atoms. The molecule has 0 amide bonds. The Morgan fingerprint density at radius 3 is 2.57 bits per heavy atom. The zero-order valence-corrected chi connectivity index (χ0v) is 12.3. The van der Waals surface area contributed by atoms with Gasteiger partial charge in [-0.25, -0.2) is 9.78 Å². The molecule has 6 heteroatoms. The Morgan fingerprint density at radius 1 is 1.17 bits per heavy atom. The van der Waals surface area contributed by atoms with Crippen molar-refractivity contribution in [3.05, 3.63) is 70.1 Å². The molecule has 0 bridgehead atoms. The maximum absolute atomic E-state index is 11.6. The highest BCUT2D eigenvalue weighted by molar-refractivity contribution is 6.04. The van der Waals surface area contributed by atoms with Crippen molar-refractivity contribution in [3.63, 3.8) is 0 Å². The van der Waals surface area contributed by atoms with Gasteiger partial charge in [-0.05, 0) is 30.7 Å². The van der Waals surface area contributed by atoms with Gasteiger partial charge in [-0.2, -0.15) is 0 Å². The van der Waals surface area contributed by atoms with Crippen LogP contribution in [0.5, 0.6) is 0 Å². The van der Waals surface area contributed by atoms with E-state index in [4.69, 9.17) is 5.53 Å². The molecule has 1 N–H and O–H groups in total. The first-order valence-corrected chi connectivity index (χ1v) is 6.89. The minimum Gasteiger partial charge on any atom is -0.478 e. The predicted molar refractivity (Wildman–Crippen MR) is 87.7 cm³/mol. The van der Waals surface area contributed by atoms with Crippen molar-refractivity contribution in [3.8, 4) is 11.3 Å². The molecule has 0 atom stereocenters. The number of fused-ring (bicyclic) bond motifs is 1. The first-order valence-electron chi connectivity index (χ1n) is 6.89. The summed E-state index contributed by atoms with van der Waals surface area (Å²) >= 11 is 0. The number of aryl methyl sites for hydroxylation is 1. The number of pyridine rings is 1. The van der Waals surface area contributed by atoms with Gasteiger partial charge in [0.2, 0.25) is 0 Å². The van der Waals surface area contributed by atoms with Gasteiger partial charge in [0.05, 0.1) is 16.8 Å². The number of nitrogens with zero attached hydrogens (tertiary/aromatic N) is 4. The topological polar surface area (TPSA) is 99.0 Å². The highest BCUT2D eigenvalue weighted by Crippen LogP contribution is 2.27. The van der Waals surface area contributed by atoms with Crippen molar-refractivity contribution < 1.29 is 9.90 Å². The molecule has 0 aliphatic heterocycles. The summed E-state index contributed by atoms with van der Waals surface area (Å²) in [6.07, 6.45) is 0. The third-order valence-electron chi connectivity index (χ3n) is 3.52. The van der Waals surface area contributed by atoms with Crippen LogP contribution in [0, 0.1) is 6.92 Å². The summed E-state index contributed by atoms with van der Waals surface area (Å²) in [5.41, 5.74) is 12.1. The van der Waals surface area contributed by atoms with E-state index in [1.54, 1.807) is 30.3 Å². The van der Waals surface area contributed by atoms with Gasteiger partial charge in [0.25, 0.3) is 0 Å². The molecular weight excluding hydrogens is 292 g/mol. The van der Waals surface area contributed by atoms with Crippen LogP contribution in [-0.2, 0) is 0 Å². The van der Waals surface area contributed by atoms with Crippen molar-refractivity contribution in [2.75, 3.05) is 0 Å². The molecule has 0 fully saturated rings. The maximum atomic E-state index is 11.6. The molecular formula is C17H12N4O2. The number of aromatic carboxylic acids is 1. The van der Waals surface area contributed by atoms with Crippen LogP contribution in [0.1, 0.15) is 15.9 Å². The number of hydrogen-bond acceptors (Lipinski definition) is 3. The van der Waals surface area contributed by atoms with E-state index in [-0.39, 0.29) is 5.56 Å². The number of carboxylic acid groups (broad SMARTS) is 1. The van der Waals surface area contributed by atoms with Crippen LogP contribution < -0.4 is 0 Å². The first-order chi connectivity index (χ1) is 11.1. The van der Waals surface area contributed by atoms with Crippen LogP contribution in [0.2, 0.25) is 0 Å². The Labute approximate surface area is 131 Å². The smallest absolute Gasteiger partial charge is 0.336 e. The Morgan fingerprint density at radius 2 is 1.91 bits per heavy atom. The summed E-state index contributed by atoms with van der Waals surface area (Å²) in [5.74, 6) is -0.991. The molecule has 1 heterocycles. The molecule has 3 aromatic rings. The number of azide groups is 1. The van der Waals surface area contributed by atoms with Gasteiger partial charge in [-0.15, -0.1) is 0 Å². The van der Waals surface area contributed by atoms with Gasteiger partial charge in [-0.1, -0.05) is 41.0 Å². The van der Waals surface area contributed by atoms with Crippen LogP contribution in [0.4, 0.5) is 5.69 Å². The highest BCUT2D eigenvalue weighted by Gasteiger charge is 2.13. The first kappa shape index (κ1) is 14.6. The highest BCUT2D eigenvalue weighted by atomic mass is 16.4. The third-order valence-corrected chi connectivity index (χ3v) is 3.52. The van der Waals surface area contributed by atoms with Crippen LogP contribution in [0.3, 0.4) is 0 Å². The van der Waals surface area contributed by atoms with Crippen LogP contribution in [0.25, 0.3) is 32.6 Å². The van der Waals surface area contributed by atoms with E-state index in [1.807, 2.05) is 25.1 Å². The lowest BCUT2D eigenvalue weighted by Gasteiger charge is -2.08. The Kier molecular flexibility index (Phi) is 3.66. The summed E-state index contributed by atoms with van der Waals surface area (Å²) in [7, 11) is 0. The summed E-state index contributed by atoms with van der Waals surface area (Å²) in [4.78, 5) is 18.8. The zero-order valence-electron chi connectivity index (χ0n) is 12.3. The van der Waals surface area contributed by atoms with Crippen LogP contribution in [0.15, 0.2) is 53.6 Å². The normalized spacial score (nSPS) is 10.3. The molecule has 0 aliphatic rings. The average molecular weight is 304 g/mol. The van der Waals surface area contributed by atoms with Gasteiger partial charge in [-0.3, -0.25) is 0 Å². The lowest BCUT2D eigenvalue weighted by atomic mass is 10.0. The largest absolute Gasteiger partial charge is 0.478 e. The second kappa shape index (κ2) is 5.79. The molecule has 6 nitrogen and oxygen atoms in total. The van der Waals surface area contributed by atoms with E-state index in [0.29, 0.717) is 22.3 Å². The lowest BCUT2D eigenvalue weighted by molar-refractivity contribution is 0.0699. The molecule has 0 radical (unpaired) electrons. The Balaban J connectivity index is 2.20. The molecule has 0 saturated heterocycles. The Bertz CT molecular complexity index is 958. The number of hydrogen-bond donors (Lipinski definition) is 1. The minimum absolute atomic E-state index is 0.216. The molecule has 0 saturated carbocycles. The second-order valence-electron chi connectivity index (χ2n) is 5.12. The van der Waals surface area contributed by atoms with Crippen molar-refractivity contribution >= 4 is 22.6 Å². The predicted octanol–water partition coefficient (Wildman–Crippen LogP) is 4.85. The van der Waals surface area contributed by atoms with Gasteiger partial charge in [0.1, 0.15) is 0 Å². The standard InChI is InChI=1S/C17H12N4O2/c1-10-2-7-15-13(8-10)14(17(22)23)9-16(19-15)11-3-5-12(6-4-11)20-21-18/h2-9H,1H3,(H,22,23). The average Bonchev–Trinajstić information content (AvgIpc) is 2.55. The molecule has 3 rings (SSSR count). The second-order valence-corrected chi connectivity index (χ2v) is 5.12. The van der Waals surface area contributed by atoms with Gasteiger partial charge >= 0.3 is 5.97 Å². The zero-order chi connectivity index (χ0) is 16.4. The maximum Gasteiger partial charge on any atom is 0.336 e. The van der Waals surface area contributed by atoms with Crippen molar-refractivity contribution in [2.24, 2.45) is 5.11 Å². The minimum atomic E-state index is -0.991. The summed E-state index contributed by atoms with van der Waals surface area (Å²) in [5, 5.41) is 13.6. The van der Waals surface area contributed by atoms with E-state index in [2.05, 4.69) is 15.0 Å². The van der Waals surface area contributed by atoms with Crippen molar-refractivity contribution in [1.29, 1.82) is 0 Å². The van der Waals surface area contributed by atoms with Gasteiger partial charge in [0.15, 0.2) is 0 Å². The fourth-order valence-corrected chi connectivity index (χ4v) is 2.41. The van der Waals surface area contributed by atoms with E-state index >= 15 is 0 Å². The van der Waals surface area contributed by atoms with E-state index < -0.39 is 5.97 Å². The fraction of sp³-hybridized carbons (Fsp3) is 0.0588.